The van der Waals surface area contributed by atoms with Crippen LogP contribution in [0.1, 0.15) is 60.0 Å². The lowest BCUT2D eigenvalue weighted by Crippen LogP contribution is -2.52. The molecule has 1 saturated carbocycles. The van der Waals surface area contributed by atoms with E-state index in [2.05, 4.69) is 11.9 Å². The largest absolute Gasteiger partial charge is 0.366 e. The number of rotatable bonds is 4. The zero-order chi connectivity index (χ0) is 21.9. The van der Waals surface area contributed by atoms with Gasteiger partial charge in [0.25, 0.3) is 0 Å². The maximum atomic E-state index is 15.5. The van der Waals surface area contributed by atoms with Crippen molar-refractivity contribution in [2.75, 3.05) is 18.0 Å². The number of nitrogens with two attached hydrogens (primary N) is 1. The summed E-state index contributed by atoms with van der Waals surface area (Å²) in [5.41, 5.74) is 10.4. The zero-order valence-electron chi connectivity index (χ0n) is 17.5. The quantitative estimate of drug-likeness (QED) is 0.723. The summed E-state index contributed by atoms with van der Waals surface area (Å²) in [5.74, 6) is -1.57. The molecule has 7 heteroatoms. The summed E-state index contributed by atoms with van der Waals surface area (Å²) < 4.78 is 30.2. The number of piperidine rings is 1. The predicted molar refractivity (Wildman–Crippen MR) is 115 cm³/mol. The smallest absolute Gasteiger partial charge is 0.249 e. The van der Waals surface area contributed by atoms with Gasteiger partial charge in [0.15, 0.2) is 0 Å². The molecule has 31 heavy (non-hydrogen) atoms. The van der Waals surface area contributed by atoms with E-state index in [0.29, 0.717) is 24.1 Å². The number of hydrogen-bond acceptors (Lipinski definition) is 3. The highest BCUT2D eigenvalue weighted by Gasteiger charge is 2.48. The van der Waals surface area contributed by atoms with Gasteiger partial charge in [-0.2, -0.15) is 0 Å². The number of alkyl halides is 1. The number of halogens is 2. The zero-order valence-corrected chi connectivity index (χ0v) is 17.5. The van der Waals surface area contributed by atoms with Gasteiger partial charge in [-0.1, -0.05) is 12.2 Å². The fraction of sp³-hybridized carbons (Fsp3) is 0.500. The van der Waals surface area contributed by atoms with Crippen molar-refractivity contribution < 1.29 is 18.4 Å². The third-order valence-electron chi connectivity index (χ3n) is 7.46. The van der Waals surface area contributed by atoms with Gasteiger partial charge in [0.05, 0.1) is 5.69 Å². The molecule has 2 atom stereocenters. The van der Waals surface area contributed by atoms with Crippen molar-refractivity contribution in [3.8, 4) is 0 Å². The Bertz CT molecular complexity index is 1030. The molecule has 1 spiro atoms. The molecule has 1 aliphatic heterocycles. The van der Waals surface area contributed by atoms with Gasteiger partial charge in [-0.15, -0.1) is 0 Å². The number of primary amides is 1. The number of carbonyl (C=O) groups excluding carboxylic acids is 2. The van der Waals surface area contributed by atoms with Crippen LogP contribution in [0.15, 0.2) is 24.3 Å². The molecule has 3 aliphatic carbocycles. The molecule has 4 aliphatic rings. The second kappa shape index (κ2) is 7.18. The van der Waals surface area contributed by atoms with Gasteiger partial charge in [0.1, 0.15) is 12.0 Å². The third kappa shape index (κ3) is 3.44. The predicted octanol–water partition coefficient (Wildman–Crippen LogP) is 3.42. The van der Waals surface area contributed by atoms with Crippen molar-refractivity contribution in [1.82, 2.24) is 5.32 Å². The number of amides is 2. The van der Waals surface area contributed by atoms with Crippen molar-refractivity contribution in [1.29, 1.82) is 0 Å². The molecule has 2 fully saturated rings. The molecule has 5 nitrogen and oxygen atoms in total. The molecule has 0 bridgehead atoms. The third-order valence-corrected chi connectivity index (χ3v) is 7.46. The lowest BCUT2D eigenvalue weighted by Gasteiger charge is -2.38. The number of benzene rings is 1. The molecule has 164 valence electrons. The Morgan fingerprint density at radius 3 is 2.74 bits per heavy atom. The van der Waals surface area contributed by atoms with E-state index in [1.54, 1.807) is 4.90 Å². The lowest BCUT2D eigenvalue weighted by molar-refractivity contribution is -0.117. The number of allylic oxidation sites excluding steroid dienone is 2. The van der Waals surface area contributed by atoms with E-state index in [4.69, 9.17) is 5.73 Å². The minimum absolute atomic E-state index is 0.0491. The van der Waals surface area contributed by atoms with Crippen molar-refractivity contribution in [2.45, 2.75) is 57.2 Å². The minimum Gasteiger partial charge on any atom is -0.366 e. The molecule has 0 radical (unpaired) electrons. The molecular weight excluding hydrogens is 400 g/mol. The topological polar surface area (TPSA) is 75.4 Å². The van der Waals surface area contributed by atoms with Gasteiger partial charge >= 0.3 is 0 Å². The fourth-order valence-corrected chi connectivity index (χ4v) is 5.73. The second-order valence-electron chi connectivity index (χ2n) is 9.56. The molecule has 2 amide bonds. The Balaban J connectivity index is 1.59. The first-order valence-corrected chi connectivity index (χ1v) is 11.0. The van der Waals surface area contributed by atoms with Crippen LogP contribution in [0.25, 0.3) is 5.57 Å². The summed E-state index contributed by atoms with van der Waals surface area (Å²) in [6.45, 7) is 3.79. The standard InChI is InChI=1S/C24H27F2N3O2/c1-2-20(30)28-15-8-14(25)11-29(12-15)22-19(26)9-17(23(27)31)16-7-13-3-4-24(5-6-24)10-18(13)21(16)22/h2,9,14-15H,1,3-8,10-12H2,(H2,27,31)(H,28,30)/t14-,15-/m0/s1. The number of carbonyl (C=O) groups is 2. The van der Waals surface area contributed by atoms with Crippen LogP contribution in [-0.2, 0) is 11.2 Å². The highest BCUT2D eigenvalue weighted by molar-refractivity contribution is 6.00. The second-order valence-corrected chi connectivity index (χ2v) is 9.56. The van der Waals surface area contributed by atoms with Gasteiger partial charge in [0, 0.05) is 36.7 Å². The number of hydrogen-bond donors (Lipinski definition) is 2. The molecule has 0 unspecified atom stereocenters. The monoisotopic (exact) mass is 427 g/mol. The van der Waals surface area contributed by atoms with Gasteiger partial charge in [0.2, 0.25) is 11.8 Å². The molecule has 3 N–H and O–H groups in total. The summed E-state index contributed by atoms with van der Waals surface area (Å²) >= 11 is 0. The molecule has 1 heterocycles. The van der Waals surface area contributed by atoms with Crippen LogP contribution in [0.4, 0.5) is 14.5 Å². The van der Waals surface area contributed by atoms with Gasteiger partial charge in [-0.25, -0.2) is 8.78 Å². The van der Waals surface area contributed by atoms with Crippen LogP contribution < -0.4 is 16.0 Å². The van der Waals surface area contributed by atoms with E-state index in [1.807, 2.05) is 0 Å². The first kappa shape index (κ1) is 20.2. The van der Waals surface area contributed by atoms with E-state index in [1.165, 1.54) is 24.5 Å². The van der Waals surface area contributed by atoms with Crippen molar-refractivity contribution in [3.05, 3.63) is 46.8 Å². The Morgan fingerprint density at radius 1 is 1.29 bits per heavy atom. The van der Waals surface area contributed by atoms with Gasteiger partial charge in [-0.05, 0) is 67.2 Å². The first-order chi connectivity index (χ1) is 14.8. The maximum Gasteiger partial charge on any atom is 0.249 e. The van der Waals surface area contributed by atoms with Crippen molar-refractivity contribution >= 4 is 23.1 Å². The molecule has 1 aromatic carbocycles. The summed E-state index contributed by atoms with van der Waals surface area (Å²) in [6, 6.07) is 0.761. The Labute approximate surface area is 180 Å². The van der Waals surface area contributed by atoms with Crippen LogP contribution in [0.2, 0.25) is 0 Å². The van der Waals surface area contributed by atoms with Crippen LogP contribution in [-0.4, -0.2) is 37.1 Å². The van der Waals surface area contributed by atoms with Crippen LogP contribution >= 0.6 is 0 Å². The van der Waals surface area contributed by atoms with Gasteiger partial charge < -0.3 is 16.0 Å². The molecule has 1 saturated heterocycles. The highest BCUT2D eigenvalue weighted by Crippen LogP contribution is 2.62. The van der Waals surface area contributed by atoms with Crippen LogP contribution in [0.5, 0.6) is 0 Å². The summed E-state index contributed by atoms with van der Waals surface area (Å²) in [7, 11) is 0. The van der Waals surface area contributed by atoms with Gasteiger partial charge in [-0.3, -0.25) is 9.59 Å². The summed E-state index contributed by atoms with van der Waals surface area (Å²) in [5, 5.41) is 2.75. The lowest BCUT2D eigenvalue weighted by atomic mass is 9.81. The molecule has 1 aromatic rings. The SMILES string of the molecule is C=CC(=O)N[C@H]1C[C@H](F)CN(c2c(F)cc(C(N)=O)c3c2C2=C(CCC4(CC4)C2)C3)C1. The first-order valence-electron chi connectivity index (χ1n) is 11.0. The normalized spacial score (nSPS) is 25.8. The van der Waals surface area contributed by atoms with Crippen LogP contribution in [0, 0.1) is 11.2 Å². The van der Waals surface area contributed by atoms with E-state index < -0.39 is 23.9 Å². The van der Waals surface area contributed by atoms with E-state index in [0.717, 1.165) is 42.0 Å². The van der Waals surface area contributed by atoms with E-state index >= 15 is 4.39 Å². The Morgan fingerprint density at radius 2 is 2.06 bits per heavy atom. The fourth-order valence-electron chi connectivity index (χ4n) is 5.73. The Hall–Kier alpha value is -2.70. The van der Waals surface area contributed by atoms with E-state index in [-0.39, 0.29) is 24.4 Å². The number of anilines is 1. The molecule has 0 aromatic heterocycles. The molecular formula is C24H27F2N3O2. The summed E-state index contributed by atoms with van der Waals surface area (Å²) in [6.07, 6.45) is 6.06. The number of nitrogens with one attached hydrogen (secondary N) is 1. The number of nitrogens with zero attached hydrogens (tertiary/aromatic N) is 1. The summed E-state index contributed by atoms with van der Waals surface area (Å²) in [4.78, 5) is 25.6. The average molecular weight is 427 g/mol. The average Bonchev–Trinajstić information content (AvgIpc) is 3.37. The maximum absolute atomic E-state index is 15.5. The van der Waals surface area contributed by atoms with E-state index in [9.17, 15) is 14.0 Å². The minimum atomic E-state index is -1.20. The molecule has 5 rings (SSSR count). The Kier molecular flexibility index (Phi) is 4.68. The van der Waals surface area contributed by atoms with Crippen molar-refractivity contribution in [3.63, 3.8) is 0 Å². The van der Waals surface area contributed by atoms with Crippen molar-refractivity contribution in [2.24, 2.45) is 11.1 Å². The highest BCUT2D eigenvalue weighted by atomic mass is 19.1. The number of fused-ring (bicyclic) bond motifs is 2. The van der Waals surface area contributed by atoms with Crippen LogP contribution in [0.3, 0.4) is 0 Å².